The SMILES string of the molecule is Cc1ccc(-c2cc(F)c(C#Cc3ccc4c(F)c(F)c(F)cc4c3)c(F)c2)c(F)c1. The van der Waals surface area contributed by atoms with Crippen molar-refractivity contribution >= 4 is 10.8 Å². The second kappa shape index (κ2) is 7.84. The first kappa shape index (κ1) is 20.5. The number of fused-ring (bicyclic) bond motifs is 1. The second-order valence-corrected chi connectivity index (χ2v) is 6.97. The normalized spacial score (nSPS) is 10.8. The Morgan fingerprint density at radius 2 is 1.32 bits per heavy atom. The van der Waals surface area contributed by atoms with Crippen LogP contribution in [0.4, 0.5) is 26.3 Å². The standard InChI is InChI=1S/C25H12F6/c1-13-2-5-17(20(26)8-13)16-10-21(27)19(22(28)11-16)7-4-14-3-6-18-15(9-14)12-23(29)25(31)24(18)30/h2-3,5-6,8-12H,1H3. The largest absolute Gasteiger partial charge is 0.206 e. The quantitative estimate of drug-likeness (QED) is 0.174. The highest BCUT2D eigenvalue weighted by molar-refractivity contribution is 5.84. The van der Waals surface area contributed by atoms with E-state index >= 15 is 0 Å². The van der Waals surface area contributed by atoms with Crippen LogP contribution < -0.4 is 0 Å². The molecule has 154 valence electrons. The number of halogens is 6. The molecule has 0 saturated carbocycles. The summed E-state index contributed by atoms with van der Waals surface area (Å²) < 4.78 is 83.7. The Balaban J connectivity index is 1.73. The molecule has 0 aromatic heterocycles. The van der Waals surface area contributed by atoms with Gasteiger partial charge in [0.1, 0.15) is 17.5 Å². The Bertz CT molecular complexity index is 1390. The molecule has 0 fully saturated rings. The molecule has 31 heavy (non-hydrogen) atoms. The number of hydrogen-bond donors (Lipinski definition) is 0. The molecule has 0 aliphatic carbocycles. The third-order valence-electron chi connectivity index (χ3n) is 4.78. The zero-order chi connectivity index (χ0) is 22.3. The zero-order valence-corrected chi connectivity index (χ0v) is 16.0. The van der Waals surface area contributed by atoms with Gasteiger partial charge < -0.3 is 0 Å². The van der Waals surface area contributed by atoms with Gasteiger partial charge >= 0.3 is 0 Å². The van der Waals surface area contributed by atoms with E-state index in [4.69, 9.17) is 0 Å². The third-order valence-corrected chi connectivity index (χ3v) is 4.78. The van der Waals surface area contributed by atoms with Gasteiger partial charge in [0.05, 0.1) is 5.56 Å². The molecule has 0 nitrogen and oxygen atoms in total. The lowest BCUT2D eigenvalue weighted by atomic mass is 10.0. The molecule has 0 heterocycles. The zero-order valence-electron chi connectivity index (χ0n) is 16.0. The predicted octanol–water partition coefficient (Wildman–Crippen LogP) is 7.05. The molecule has 4 aromatic carbocycles. The first-order valence-corrected chi connectivity index (χ1v) is 9.09. The molecule has 0 aliphatic heterocycles. The minimum Gasteiger partial charge on any atom is -0.206 e. The Labute approximate surface area is 173 Å². The summed E-state index contributed by atoms with van der Waals surface area (Å²) in [6.45, 7) is 1.69. The van der Waals surface area contributed by atoms with Crippen LogP contribution in [-0.4, -0.2) is 0 Å². The minimum atomic E-state index is -1.58. The molecule has 0 atom stereocenters. The van der Waals surface area contributed by atoms with Crippen molar-refractivity contribution in [3.05, 3.63) is 106 Å². The molecule has 4 rings (SSSR count). The van der Waals surface area contributed by atoms with E-state index in [1.807, 2.05) is 0 Å². The van der Waals surface area contributed by atoms with Gasteiger partial charge in [0.2, 0.25) is 0 Å². The van der Waals surface area contributed by atoms with Crippen molar-refractivity contribution in [2.45, 2.75) is 6.92 Å². The van der Waals surface area contributed by atoms with E-state index in [1.165, 1.54) is 30.3 Å². The molecule has 4 aromatic rings. The lowest BCUT2D eigenvalue weighted by molar-refractivity contribution is 0.453. The van der Waals surface area contributed by atoms with Crippen LogP contribution >= 0.6 is 0 Å². The molecule has 6 heteroatoms. The highest BCUT2D eigenvalue weighted by Crippen LogP contribution is 2.27. The lowest BCUT2D eigenvalue weighted by Gasteiger charge is -2.07. The maximum absolute atomic E-state index is 14.5. The number of benzene rings is 4. The van der Waals surface area contributed by atoms with Crippen molar-refractivity contribution in [1.82, 2.24) is 0 Å². The Kier molecular flexibility index (Phi) is 5.20. The molecule has 0 bridgehead atoms. The van der Waals surface area contributed by atoms with Crippen LogP contribution in [0.15, 0.2) is 54.6 Å². The van der Waals surface area contributed by atoms with E-state index in [1.54, 1.807) is 13.0 Å². The van der Waals surface area contributed by atoms with E-state index in [9.17, 15) is 26.3 Å². The van der Waals surface area contributed by atoms with Crippen molar-refractivity contribution in [3.63, 3.8) is 0 Å². The Hall–Kier alpha value is -3.72. The van der Waals surface area contributed by atoms with E-state index in [2.05, 4.69) is 11.8 Å². The van der Waals surface area contributed by atoms with Gasteiger partial charge in [-0.2, -0.15) is 0 Å². The summed E-state index contributed by atoms with van der Waals surface area (Å²) in [5.74, 6) is -1.97. The first-order valence-electron chi connectivity index (χ1n) is 9.09. The van der Waals surface area contributed by atoms with Gasteiger partial charge in [0.25, 0.3) is 0 Å². The van der Waals surface area contributed by atoms with Crippen LogP contribution in [-0.2, 0) is 0 Å². The topological polar surface area (TPSA) is 0 Å². The summed E-state index contributed by atoms with van der Waals surface area (Å²) >= 11 is 0. The van der Waals surface area contributed by atoms with Crippen LogP contribution in [0.25, 0.3) is 21.9 Å². The highest BCUT2D eigenvalue weighted by Gasteiger charge is 2.15. The van der Waals surface area contributed by atoms with Crippen molar-refractivity contribution in [1.29, 1.82) is 0 Å². The van der Waals surface area contributed by atoms with E-state index < -0.39 is 40.5 Å². The fourth-order valence-electron chi connectivity index (χ4n) is 3.22. The van der Waals surface area contributed by atoms with E-state index in [-0.39, 0.29) is 27.5 Å². The Morgan fingerprint density at radius 1 is 0.613 bits per heavy atom. The summed E-state index contributed by atoms with van der Waals surface area (Å²) in [5.41, 5.74) is 0.422. The molecule has 0 N–H and O–H groups in total. The molecule has 0 aliphatic rings. The van der Waals surface area contributed by atoms with Crippen molar-refractivity contribution in [2.75, 3.05) is 0 Å². The third kappa shape index (κ3) is 3.87. The van der Waals surface area contributed by atoms with Crippen LogP contribution in [0.5, 0.6) is 0 Å². The smallest absolute Gasteiger partial charge is 0.195 e. The fourth-order valence-corrected chi connectivity index (χ4v) is 3.22. The van der Waals surface area contributed by atoms with Crippen molar-refractivity contribution < 1.29 is 26.3 Å². The van der Waals surface area contributed by atoms with Gasteiger partial charge in [-0.25, -0.2) is 26.3 Å². The van der Waals surface area contributed by atoms with Crippen molar-refractivity contribution in [2.24, 2.45) is 0 Å². The van der Waals surface area contributed by atoms with Gasteiger partial charge in [-0.05, 0) is 59.8 Å². The number of aryl methyl sites for hydroxylation is 1. The minimum absolute atomic E-state index is 0.0248. The van der Waals surface area contributed by atoms with Gasteiger partial charge in [-0.1, -0.05) is 30.0 Å². The molecular weight excluding hydrogens is 414 g/mol. The average molecular weight is 426 g/mol. The number of hydrogen-bond acceptors (Lipinski definition) is 0. The van der Waals surface area contributed by atoms with Crippen LogP contribution in [0, 0.1) is 53.7 Å². The summed E-state index contributed by atoms with van der Waals surface area (Å²) in [7, 11) is 0. The van der Waals surface area contributed by atoms with Crippen LogP contribution in [0.2, 0.25) is 0 Å². The molecule has 0 radical (unpaired) electrons. The highest BCUT2D eigenvalue weighted by atomic mass is 19.2. The van der Waals surface area contributed by atoms with Gasteiger partial charge in [-0.15, -0.1) is 0 Å². The van der Waals surface area contributed by atoms with Gasteiger partial charge in [0, 0.05) is 16.5 Å². The maximum atomic E-state index is 14.5. The maximum Gasteiger partial charge on any atom is 0.195 e. The summed E-state index contributed by atoms with van der Waals surface area (Å²) in [6, 6.07) is 10.9. The van der Waals surface area contributed by atoms with Gasteiger partial charge in [-0.3, -0.25) is 0 Å². The molecule has 0 saturated heterocycles. The second-order valence-electron chi connectivity index (χ2n) is 6.97. The van der Waals surface area contributed by atoms with Crippen molar-refractivity contribution in [3.8, 4) is 23.0 Å². The summed E-state index contributed by atoms with van der Waals surface area (Å²) in [6.07, 6.45) is 0. The monoisotopic (exact) mass is 426 g/mol. The van der Waals surface area contributed by atoms with E-state index in [0.717, 1.165) is 18.2 Å². The summed E-state index contributed by atoms with van der Waals surface area (Å²) in [5, 5.41) is -0.0966. The van der Waals surface area contributed by atoms with Gasteiger partial charge in [0.15, 0.2) is 17.5 Å². The average Bonchev–Trinajstić information content (AvgIpc) is 2.71. The Morgan fingerprint density at radius 3 is 2.00 bits per heavy atom. The predicted molar refractivity (Wildman–Crippen MR) is 106 cm³/mol. The molecule has 0 unspecified atom stereocenters. The lowest BCUT2D eigenvalue weighted by Crippen LogP contribution is -1.94. The molecule has 0 spiro atoms. The van der Waals surface area contributed by atoms with Crippen LogP contribution in [0.3, 0.4) is 0 Å². The first-order chi connectivity index (χ1) is 14.7. The fraction of sp³-hybridized carbons (Fsp3) is 0.0400. The van der Waals surface area contributed by atoms with Crippen LogP contribution in [0.1, 0.15) is 16.7 Å². The molecular formula is C25H12F6. The van der Waals surface area contributed by atoms with E-state index in [0.29, 0.717) is 5.56 Å². The molecule has 0 amide bonds. The number of rotatable bonds is 1. The summed E-state index contributed by atoms with van der Waals surface area (Å²) in [4.78, 5) is 0.